The van der Waals surface area contributed by atoms with Gasteiger partial charge in [-0.1, -0.05) is 283 Å². The van der Waals surface area contributed by atoms with Crippen LogP contribution in [0.4, 0.5) is 5.13 Å². The van der Waals surface area contributed by atoms with Crippen molar-refractivity contribution in [1.29, 1.82) is 0 Å². The van der Waals surface area contributed by atoms with Gasteiger partial charge in [-0.15, -0.1) is 0 Å². The highest BCUT2D eigenvalue weighted by atomic mass is 35.5. The molecule has 2 aromatic heterocycles. The third kappa shape index (κ3) is 10.5. The van der Waals surface area contributed by atoms with E-state index in [9.17, 15) is 14.7 Å². The Balaban J connectivity index is 0.999. The first kappa shape index (κ1) is 54.2. The van der Waals surface area contributed by atoms with Crippen molar-refractivity contribution in [2.45, 2.75) is 40.5 Å². The van der Waals surface area contributed by atoms with Crippen LogP contribution in [0.3, 0.4) is 0 Å². The number of β-lactam (4-membered cyclic amide) rings is 1. The van der Waals surface area contributed by atoms with Crippen molar-refractivity contribution in [3.05, 3.63) is 332 Å². The zero-order chi connectivity index (χ0) is 56.8. The van der Waals surface area contributed by atoms with E-state index in [-0.39, 0.29) is 33.8 Å². The summed E-state index contributed by atoms with van der Waals surface area (Å²) < 4.78 is 0.110. The van der Waals surface area contributed by atoms with E-state index in [1.54, 1.807) is 18.5 Å². The standard InChI is InChI=1S/C69H53ClN6O5S2/c70-63-59(73-67(83-63)74-68(48-30-13-3-14-31-48,49-32-15-4-16-33-49)50-34-17-5-18-35-50)60(75-81-69(51-36-19-6-20-37-51,52-38-21-7-22-39-52)53-40-23-8-24-41-53)64(77)72-58-56-44-55(57(46-26-9-1-10-27-46)47-28-11-2-12-29-47)62(82-54-42-25-43-71-45-54)61(66(79)80)76(56)65(58)78/h1-43,45,55-58H,44H2,(H,72,77)(H,73,74)(H,79,80)/t55?,56-,58+/m1/s1. The summed E-state index contributed by atoms with van der Waals surface area (Å²) in [6.45, 7) is 0. The van der Waals surface area contributed by atoms with Gasteiger partial charge in [0, 0.05) is 50.7 Å². The molecule has 10 aromatic rings. The Morgan fingerprint density at radius 3 is 1.52 bits per heavy atom. The first-order valence-electron chi connectivity index (χ1n) is 27.1. The number of anilines is 1. The van der Waals surface area contributed by atoms with Gasteiger partial charge in [0.2, 0.25) is 5.60 Å². The molecule has 0 aliphatic carbocycles. The number of thiazole rings is 1. The van der Waals surface area contributed by atoms with Crippen LogP contribution < -0.4 is 10.6 Å². The summed E-state index contributed by atoms with van der Waals surface area (Å²) in [7, 11) is 0. The lowest BCUT2D eigenvalue weighted by atomic mass is 9.71. The summed E-state index contributed by atoms with van der Waals surface area (Å²) in [5.41, 5.74) is 3.84. The van der Waals surface area contributed by atoms with Gasteiger partial charge in [0.1, 0.15) is 27.3 Å². The quantitative estimate of drug-likeness (QED) is 0.0312. The number of thioether (sulfide) groups is 1. The Morgan fingerprint density at radius 2 is 1.08 bits per heavy atom. The number of nitrogens with one attached hydrogen (secondary N) is 2. The normalized spacial score (nSPS) is 16.2. The van der Waals surface area contributed by atoms with Crippen LogP contribution in [0.1, 0.15) is 62.5 Å². The summed E-state index contributed by atoms with van der Waals surface area (Å²) >= 11 is 9.84. The number of oxime groups is 1. The molecule has 408 valence electrons. The Hall–Kier alpha value is -9.40. The molecule has 4 heterocycles. The number of carbonyl (C=O) groups excluding carboxylic acids is 2. The number of hydrogen-bond acceptors (Lipinski definition) is 10. The van der Waals surface area contributed by atoms with Crippen molar-refractivity contribution in [3.63, 3.8) is 0 Å². The topological polar surface area (TPSA) is 146 Å². The van der Waals surface area contributed by atoms with Crippen LogP contribution in [-0.2, 0) is 30.4 Å². The number of hydrogen-bond donors (Lipinski definition) is 3. The molecular weight excluding hydrogens is 1090 g/mol. The molecule has 1 fully saturated rings. The number of rotatable bonds is 19. The Morgan fingerprint density at radius 1 is 0.639 bits per heavy atom. The van der Waals surface area contributed by atoms with Crippen molar-refractivity contribution < 1.29 is 24.3 Å². The largest absolute Gasteiger partial charge is 0.477 e. The monoisotopic (exact) mass is 1140 g/mol. The van der Waals surface area contributed by atoms with E-state index in [1.807, 2.05) is 212 Å². The highest BCUT2D eigenvalue weighted by Crippen LogP contribution is 2.53. The summed E-state index contributed by atoms with van der Waals surface area (Å²) in [6.07, 6.45) is 3.62. The highest BCUT2D eigenvalue weighted by Gasteiger charge is 2.57. The van der Waals surface area contributed by atoms with Crippen LogP contribution in [0, 0.1) is 5.92 Å². The molecule has 2 amide bonds. The van der Waals surface area contributed by atoms with E-state index in [0.717, 1.165) is 39.2 Å². The van der Waals surface area contributed by atoms with Gasteiger partial charge < -0.3 is 20.6 Å². The number of benzene rings is 8. The SMILES string of the molecule is O=C(O)C1=C(Sc2cccnc2)C(C(c2ccccc2)c2ccccc2)C[C@@H]2[C@H](NC(=O)C(=NOC(c3ccccc3)(c3ccccc3)c3ccccc3)c3nc(NC(c4ccccc4)(c4ccccc4)c4ccccc4)sc3Cl)C(=O)N12. The Kier molecular flexibility index (Phi) is 15.7. The lowest BCUT2D eigenvalue weighted by molar-refractivity contribution is -0.156. The number of fused-ring (bicyclic) bond motifs is 1. The highest BCUT2D eigenvalue weighted by molar-refractivity contribution is 8.03. The molecule has 1 saturated heterocycles. The van der Waals surface area contributed by atoms with Crippen LogP contribution >= 0.6 is 34.7 Å². The lowest BCUT2D eigenvalue weighted by Gasteiger charge is -2.53. The molecule has 0 saturated carbocycles. The predicted octanol–water partition coefficient (Wildman–Crippen LogP) is 13.9. The second kappa shape index (κ2) is 24.0. The molecular formula is C69H53ClN6O5S2. The zero-order valence-corrected chi connectivity index (χ0v) is 46.9. The van der Waals surface area contributed by atoms with E-state index in [2.05, 4.69) is 52.0 Å². The number of carbonyl (C=O) groups is 3. The molecule has 8 aromatic carbocycles. The predicted molar refractivity (Wildman–Crippen MR) is 327 cm³/mol. The lowest BCUT2D eigenvalue weighted by Crippen LogP contribution is -2.73. The molecule has 1 unspecified atom stereocenters. The number of aliphatic carboxylic acids is 1. The fourth-order valence-corrected chi connectivity index (χ4v) is 13.9. The third-order valence-electron chi connectivity index (χ3n) is 15.4. The number of nitrogens with zero attached hydrogens (tertiary/aromatic N) is 4. The maximum Gasteiger partial charge on any atom is 0.353 e. The first-order valence-corrected chi connectivity index (χ1v) is 29.1. The molecule has 12 rings (SSSR count). The van der Waals surface area contributed by atoms with Crippen molar-refractivity contribution in [2.75, 3.05) is 5.32 Å². The van der Waals surface area contributed by atoms with E-state index in [0.29, 0.717) is 31.6 Å². The summed E-state index contributed by atoms with van der Waals surface area (Å²) in [6, 6.07) is 80.5. The minimum Gasteiger partial charge on any atom is -0.477 e. The van der Waals surface area contributed by atoms with Crippen LogP contribution in [0.2, 0.25) is 4.34 Å². The van der Waals surface area contributed by atoms with Crippen molar-refractivity contribution in [2.24, 2.45) is 11.1 Å². The molecule has 0 bridgehead atoms. The molecule has 14 heteroatoms. The van der Waals surface area contributed by atoms with Gasteiger partial charge in [-0.2, -0.15) is 0 Å². The maximum atomic E-state index is 15.8. The number of aromatic nitrogens is 2. The van der Waals surface area contributed by atoms with Gasteiger partial charge >= 0.3 is 5.97 Å². The van der Waals surface area contributed by atoms with E-state index in [4.69, 9.17) is 26.6 Å². The smallest absolute Gasteiger partial charge is 0.353 e. The van der Waals surface area contributed by atoms with Crippen LogP contribution in [0.5, 0.6) is 0 Å². The second-order valence-corrected chi connectivity index (χ2v) is 22.8. The van der Waals surface area contributed by atoms with E-state index in [1.165, 1.54) is 16.7 Å². The van der Waals surface area contributed by atoms with Crippen molar-refractivity contribution in [3.8, 4) is 0 Å². The molecule has 2 aliphatic heterocycles. The van der Waals surface area contributed by atoms with Gasteiger partial charge in [-0.25, -0.2) is 9.78 Å². The summed E-state index contributed by atoms with van der Waals surface area (Å²) in [5.74, 6) is -3.55. The van der Waals surface area contributed by atoms with Crippen LogP contribution in [0.15, 0.2) is 288 Å². The fraction of sp³-hybridized carbons (Fsp3) is 0.101. The molecule has 11 nitrogen and oxygen atoms in total. The molecule has 3 N–H and O–H groups in total. The number of amides is 2. The van der Waals surface area contributed by atoms with E-state index < -0.39 is 46.9 Å². The maximum absolute atomic E-state index is 15.8. The zero-order valence-electron chi connectivity index (χ0n) is 44.5. The van der Waals surface area contributed by atoms with Crippen LogP contribution in [-0.4, -0.2) is 55.6 Å². The average Bonchev–Trinajstić information content (AvgIpc) is 3.48. The second-order valence-electron chi connectivity index (χ2n) is 20.1. The Bertz CT molecular complexity index is 3710. The molecule has 0 radical (unpaired) electrons. The van der Waals surface area contributed by atoms with E-state index >= 15 is 4.79 Å². The first-order chi connectivity index (χ1) is 40.7. The van der Waals surface area contributed by atoms with Gasteiger partial charge in [-0.05, 0) is 46.4 Å². The number of allylic oxidation sites excluding steroid dienone is 1. The van der Waals surface area contributed by atoms with Gasteiger partial charge in [0.05, 0.1) is 6.04 Å². The van der Waals surface area contributed by atoms with Crippen LogP contribution in [0.25, 0.3) is 0 Å². The molecule has 2 aliphatic rings. The Labute approximate surface area is 494 Å². The van der Waals surface area contributed by atoms with Gasteiger partial charge in [-0.3, -0.25) is 19.5 Å². The summed E-state index contributed by atoms with van der Waals surface area (Å²) in [5, 5.41) is 23.4. The molecule has 3 atom stereocenters. The fourth-order valence-electron chi connectivity index (χ4n) is 11.6. The third-order valence-corrected chi connectivity index (χ3v) is 17.7. The summed E-state index contributed by atoms with van der Waals surface area (Å²) in [4.78, 5) is 63.8. The van der Waals surface area contributed by atoms with Crippen molar-refractivity contribution >= 4 is 63.3 Å². The number of carboxylic acid groups (broad SMARTS) is 1. The number of carboxylic acids is 1. The van der Waals surface area contributed by atoms with Crippen molar-refractivity contribution in [1.82, 2.24) is 20.2 Å². The van der Waals surface area contributed by atoms with Gasteiger partial charge in [0.15, 0.2) is 10.8 Å². The minimum absolute atomic E-state index is 0.0116. The minimum atomic E-state index is -1.45. The molecule has 83 heavy (non-hydrogen) atoms. The molecule has 0 spiro atoms. The number of halogens is 1. The average molecular weight is 1150 g/mol. The van der Waals surface area contributed by atoms with Gasteiger partial charge in [0.25, 0.3) is 11.8 Å². The number of pyridine rings is 1.